The molecule has 0 saturated carbocycles. The summed E-state index contributed by atoms with van der Waals surface area (Å²) in [7, 11) is 0. The molecule has 0 unspecified atom stereocenters. The molecule has 0 N–H and O–H groups in total. The quantitative estimate of drug-likeness (QED) is 0.818. The van der Waals surface area contributed by atoms with Gasteiger partial charge in [-0.15, -0.1) is 0 Å². The van der Waals surface area contributed by atoms with E-state index in [0.717, 1.165) is 12.0 Å². The summed E-state index contributed by atoms with van der Waals surface area (Å²) in [5.41, 5.74) is 0.679. The largest absolute Gasteiger partial charge is 0.330 e. The standard InChI is InChI=1S/C15H18N2O2/c1-2-10-16-11-9-14(18)17(15(16)19)12-8-13-6-4-3-5-7-13/h3-7,9,11H,2,8,10,12H2,1H3. The smallest absolute Gasteiger partial charge is 0.300 e. The number of hydrogen-bond acceptors (Lipinski definition) is 2. The van der Waals surface area contributed by atoms with E-state index in [4.69, 9.17) is 0 Å². The van der Waals surface area contributed by atoms with Crippen LogP contribution in [0.5, 0.6) is 0 Å². The first-order valence-electron chi connectivity index (χ1n) is 6.56. The number of aromatic nitrogens is 2. The summed E-state index contributed by atoms with van der Waals surface area (Å²) in [5, 5.41) is 0. The van der Waals surface area contributed by atoms with Gasteiger partial charge in [-0.2, -0.15) is 0 Å². The fourth-order valence-corrected chi connectivity index (χ4v) is 2.06. The second kappa shape index (κ2) is 6.18. The van der Waals surface area contributed by atoms with Crippen LogP contribution in [0.25, 0.3) is 0 Å². The zero-order valence-corrected chi connectivity index (χ0v) is 11.1. The van der Waals surface area contributed by atoms with Gasteiger partial charge in [0, 0.05) is 25.4 Å². The van der Waals surface area contributed by atoms with E-state index in [9.17, 15) is 9.59 Å². The number of nitrogens with zero attached hydrogens (tertiary/aromatic N) is 2. The third-order valence-electron chi connectivity index (χ3n) is 3.07. The van der Waals surface area contributed by atoms with Crippen molar-refractivity contribution in [3.05, 3.63) is 69.0 Å². The maximum atomic E-state index is 12.1. The zero-order valence-electron chi connectivity index (χ0n) is 11.1. The SMILES string of the molecule is CCCn1ccc(=O)n(CCc2ccccc2)c1=O. The van der Waals surface area contributed by atoms with Crippen LogP contribution in [-0.2, 0) is 19.5 Å². The van der Waals surface area contributed by atoms with Crippen molar-refractivity contribution >= 4 is 0 Å². The van der Waals surface area contributed by atoms with E-state index in [1.807, 2.05) is 37.3 Å². The minimum atomic E-state index is -0.228. The minimum absolute atomic E-state index is 0.217. The third kappa shape index (κ3) is 3.22. The highest BCUT2D eigenvalue weighted by molar-refractivity contribution is 5.14. The normalized spacial score (nSPS) is 10.6. The fraction of sp³-hybridized carbons (Fsp3) is 0.333. The third-order valence-corrected chi connectivity index (χ3v) is 3.07. The van der Waals surface area contributed by atoms with Crippen molar-refractivity contribution in [3.8, 4) is 0 Å². The molecule has 1 aromatic heterocycles. The van der Waals surface area contributed by atoms with Crippen molar-refractivity contribution in [2.75, 3.05) is 0 Å². The Labute approximate surface area is 111 Å². The first kappa shape index (κ1) is 13.3. The fourth-order valence-electron chi connectivity index (χ4n) is 2.06. The van der Waals surface area contributed by atoms with E-state index in [0.29, 0.717) is 19.5 Å². The Kier molecular flexibility index (Phi) is 4.34. The molecule has 0 saturated heterocycles. The lowest BCUT2D eigenvalue weighted by molar-refractivity contribution is 0.545. The van der Waals surface area contributed by atoms with E-state index in [2.05, 4.69) is 0 Å². The van der Waals surface area contributed by atoms with E-state index in [-0.39, 0.29) is 11.2 Å². The molecule has 100 valence electrons. The molecule has 0 aliphatic carbocycles. The number of aryl methyl sites for hydroxylation is 2. The van der Waals surface area contributed by atoms with Gasteiger partial charge in [0.25, 0.3) is 5.56 Å². The molecule has 0 amide bonds. The van der Waals surface area contributed by atoms with Gasteiger partial charge in [-0.3, -0.25) is 9.36 Å². The van der Waals surface area contributed by atoms with Crippen LogP contribution in [0.2, 0.25) is 0 Å². The molecule has 0 spiro atoms. The summed E-state index contributed by atoms with van der Waals surface area (Å²) in [6, 6.07) is 11.3. The summed E-state index contributed by atoms with van der Waals surface area (Å²) < 4.78 is 2.90. The molecule has 2 rings (SSSR count). The number of hydrogen-bond donors (Lipinski definition) is 0. The van der Waals surface area contributed by atoms with Crippen LogP contribution in [0.4, 0.5) is 0 Å². The van der Waals surface area contributed by atoms with Crippen LogP contribution >= 0.6 is 0 Å². The Morgan fingerprint density at radius 2 is 1.74 bits per heavy atom. The highest BCUT2D eigenvalue weighted by Gasteiger charge is 2.04. The van der Waals surface area contributed by atoms with Gasteiger partial charge in [0.15, 0.2) is 0 Å². The Morgan fingerprint density at radius 3 is 2.42 bits per heavy atom. The lowest BCUT2D eigenvalue weighted by Crippen LogP contribution is -2.39. The summed E-state index contributed by atoms with van der Waals surface area (Å²) in [4.78, 5) is 23.9. The average molecular weight is 258 g/mol. The van der Waals surface area contributed by atoms with Crippen LogP contribution in [0, 0.1) is 0 Å². The molecule has 0 bridgehead atoms. The summed E-state index contributed by atoms with van der Waals surface area (Å²) >= 11 is 0. The average Bonchev–Trinajstić information content (AvgIpc) is 2.43. The van der Waals surface area contributed by atoms with Gasteiger partial charge in [0.2, 0.25) is 0 Å². The van der Waals surface area contributed by atoms with E-state index in [1.165, 1.54) is 10.6 Å². The monoisotopic (exact) mass is 258 g/mol. The predicted octanol–water partition coefficient (Wildman–Crippen LogP) is 1.66. The molecule has 1 aromatic carbocycles. The summed E-state index contributed by atoms with van der Waals surface area (Å²) in [5.74, 6) is 0. The number of benzene rings is 1. The van der Waals surface area contributed by atoms with Crippen molar-refractivity contribution in [2.24, 2.45) is 0 Å². The molecule has 4 nitrogen and oxygen atoms in total. The second-order valence-corrected chi connectivity index (χ2v) is 4.52. The molecule has 4 heteroatoms. The van der Waals surface area contributed by atoms with E-state index >= 15 is 0 Å². The van der Waals surface area contributed by atoms with Crippen LogP contribution < -0.4 is 11.2 Å². The molecule has 0 aliphatic heterocycles. The summed E-state index contributed by atoms with van der Waals surface area (Å²) in [6.07, 6.45) is 3.14. The topological polar surface area (TPSA) is 44.0 Å². The molecule has 0 fully saturated rings. The van der Waals surface area contributed by atoms with Gasteiger partial charge in [-0.1, -0.05) is 37.3 Å². The van der Waals surface area contributed by atoms with Crippen molar-refractivity contribution in [1.29, 1.82) is 0 Å². The van der Waals surface area contributed by atoms with Crippen molar-refractivity contribution < 1.29 is 0 Å². The molecule has 2 aromatic rings. The Morgan fingerprint density at radius 1 is 1.00 bits per heavy atom. The van der Waals surface area contributed by atoms with Crippen LogP contribution in [0.15, 0.2) is 52.2 Å². The van der Waals surface area contributed by atoms with Gasteiger partial charge < -0.3 is 4.57 Å². The first-order valence-corrected chi connectivity index (χ1v) is 6.56. The Hall–Kier alpha value is -2.10. The van der Waals surface area contributed by atoms with E-state index in [1.54, 1.807) is 10.8 Å². The minimum Gasteiger partial charge on any atom is -0.300 e. The maximum Gasteiger partial charge on any atom is 0.330 e. The lowest BCUT2D eigenvalue weighted by atomic mass is 10.1. The van der Waals surface area contributed by atoms with Gasteiger partial charge in [-0.05, 0) is 18.4 Å². The van der Waals surface area contributed by atoms with Crippen LogP contribution in [-0.4, -0.2) is 9.13 Å². The maximum absolute atomic E-state index is 12.1. The highest BCUT2D eigenvalue weighted by Crippen LogP contribution is 1.99. The molecule has 1 heterocycles. The molecule has 19 heavy (non-hydrogen) atoms. The molecule has 0 aliphatic rings. The Balaban J connectivity index is 2.22. The van der Waals surface area contributed by atoms with Crippen LogP contribution in [0.3, 0.4) is 0 Å². The van der Waals surface area contributed by atoms with Gasteiger partial charge in [0.05, 0.1) is 0 Å². The van der Waals surface area contributed by atoms with Crippen molar-refractivity contribution in [3.63, 3.8) is 0 Å². The van der Waals surface area contributed by atoms with Crippen molar-refractivity contribution in [1.82, 2.24) is 9.13 Å². The molecule has 0 atom stereocenters. The molecular formula is C15H18N2O2. The zero-order chi connectivity index (χ0) is 13.7. The molecular weight excluding hydrogens is 240 g/mol. The Bertz CT molecular complexity index is 641. The molecule has 0 radical (unpaired) electrons. The first-order chi connectivity index (χ1) is 9.22. The van der Waals surface area contributed by atoms with Gasteiger partial charge >= 0.3 is 5.69 Å². The van der Waals surface area contributed by atoms with Crippen LogP contribution in [0.1, 0.15) is 18.9 Å². The highest BCUT2D eigenvalue weighted by atomic mass is 16.2. The van der Waals surface area contributed by atoms with Crippen molar-refractivity contribution in [2.45, 2.75) is 32.9 Å². The van der Waals surface area contributed by atoms with E-state index < -0.39 is 0 Å². The predicted molar refractivity (Wildman–Crippen MR) is 75.4 cm³/mol. The lowest BCUT2D eigenvalue weighted by Gasteiger charge is -2.08. The number of rotatable bonds is 5. The van der Waals surface area contributed by atoms with Gasteiger partial charge in [-0.25, -0.2) is 4.79 Å². The van der Waals surface area contributed by atoms with Gasteiger partial charge in [0.1, 0.15) is 0 Å². The summed E-state index contributed by atoms with van der Waals surface area (Å²) in [6.45, 7) is 3.07. The second-order valence-electron chi connectivity index (χ2n) is 4.52.